The number of rotatable bonds is 5. The Morgan fingerprint density at radius 3 is 2.80 bits per heavy atom. The van der Waals surface area contributed by atoms with Crippen LogP contribution in [0, 0.1) is 6.92 Å². The molecule has 0 aliphatic carbocycles. The Bertz CT molecular complexity index is 569. The largest absolute Gasteiger partial charge is 0.491 e. The summed E-state index contributed by atoms with van der Waals surface area (Å²) in [5, 5.41) is 3.44. The number of halogens is 1. The van der Waals surface area contributed by atoms with Crippen LogP contribution in [-0.4, -0.2) is 16.1 Å². The van der Waals surface area contributed by atoms with Crippen molar-refractivity contribution in [1.82, 2.24) is 9.97 Å². The summed E-state index contributed by atoms with van der Waals surface area (Å²) in [6, 6.07) is 9.62. The van der Waals surface area contributed by atoms with Crippen molar-refractivity contribution in [3.05, 3.63) is 41.3 Å². The molecule has 1 aromatic heterocycles. The highest BCUT2D eigenvalue weighted by Gasteiger charge is 2.04. The molecule has 0 radical (unpaired) electrons. The van der Waals surface area contributed by atoms with E-state index in [0.29, 0.717) is 5.82 Å². The molecule has 0 amide bonds. The number of anilines is 2. The smallest absolute Gasteiger partial charge is 0.224 e. The number of nitrogens with one attached hydrogen (secondary N) is 1. The number of hydrogen-bond acceptors (Lipinski definition) is 4. The minimum Gasteiger partial charge on any atom is -0.491 e. The zero-order valence-corrected chi connectivity index (χ0v) is 12.6. The average Bonchev–Trinajstić information content (AvgIpc) is 2.37. The highest BCUT2D eigenvalue weighted by Crippen LogP contribution is 2.22. The molecule has 2 rings (SSSR count). The predicted molar refractivity (Wildman–Crippen MR) is 81.9 cm³/mol. The summed E-state index contributed by atoms with van der Waals surface area (Å²) in [4.78, 5) is 8.17. The first kappa shape index (κ1) is 14.6. The van der Waals surface area contributed by atoms with Gasteiger partial charge >= 0.3 is 0 Å². The second-order valence-corrected chi connectivity index (χ2v) is 4.99. The van der Waals surface area contributed by atoms with E-state index in [4.69, 9.17) is 16.3 Å². The fourth-order valence-electron chi connectivity index (χ4n) is 1.71. The highest BCUT2D eigenvalue weighted by atomic mass is 35.5. The van der Waals surface area contributed by atoms with Gasteiger partial charge in [-0.1, -0.05) is 13.0 Å². The van der Waals surface area contributed by atoms with Gasteiger partial charge in [0.2, 0.25) is 5.28 Å². The molecule has 1 atom stereocenters. The number of hydrogen-bond donors (Lipinski definition) is 1. The van der Waals surface area contributed by atoms with Crippen molar-refractivity contribution in [2.75, 3.05) is 5.32 Å². The molecule has 0 spiro atoms. The van der Waals surface area contributed by atoms with Crippen LogP contribution in [0.1, 0.15) is 26.0 Å². The number of aryl methyl sites for hydroxylation is 1. The second kappa shape index (κ2) is 6.57. The van der Waals surface area contributed by atoms with E-state index in [-0.39, 0.29) is 11.4 Å². The molecule has 1 N–H and O–H groups in total. The maximum atomic E-state index is 5.85. The van der Waals surface area contributed by atoms with Crippen molar-refractivity contribution < 1.29 is 4.74 Å². The lowest BCUT2D eigenvalue weighted by molar-refractivity contribution is 0.217. The molecule has 0 saturated carbocycles. The maximum Gasteiger partial charge on any atom is 0.224 e. The van der Waals surface area contributed by atoms with Crippen LogP contribution < -0.4 is 10.1 Å². The molecule has 20 heavy (non-hydrogen) atoms. The van der Waals surface area contributed by atoms with Gasteiger partial charge in [-0.15, -0.1) is 0 Å². The summed E-state index contributed by atoms with van der Waals surface area (Å²) in [7, 11) is 0. The molecule has 1 unspecified atom stereocenters. The lowest BCUT2D eigenvalue weighted by Gasteiger charge is -2.14. The molecule has 106 valence electrons. The lowest BCUT2D eigenvalue weighted by atomic mass is 10.2. The van der Waals surface area contributed by atoms with Gasteiger partial charge in [0.15, 0.2) is 0 Å². The van der Waals surface area contributed by atoms with E-state index in [1.54, 1.807) is 0 Å². The molecule has 0 aliphatic rings. The monoisotopic (exact) mass is 291 g/mol. The highest BCUT2D eigenvalue weighted by molar-refractivity contribution is 6.28. The van der Waals surface area contributed by atoms with E-state index in [2.05, 4.69) is 22.2 Å². The van der Waals surface area contributed by atoms with Gasteiger partial charge in [-0.3, -0.25) is 0 Å². The van der Waals surface area contributed by atoms with E-state index in [0.717, 1.165) is 23.6 Å². The molecule has 5 heteroatoms. The third-order valence-electron chi connectivity index (χ3n) is 2.85. The summed E-state index contributed by atoms with van der Waals surface area (Å²) >= 11 is 5.85. The van der Waals surface area contributed by atoms with Crippen LogP contribution in [0.25, 0.3) is 0 Å². The van der Waals surface area contributed by atoms with Gasteiger partial charge in [0.05, 0.1) is 6.10 Å². The first-order chi connectivity index (χ1) is 9.56. The zero-order valence-electron chi connectivity index (χ0n) is 11.9. The molecule has 2 aromatic rings. The van der Waals surface area contributed by atoms with Crippen LogP contribution in [-0.2, 0) is 0 Å². The summed E-state index contributed by atoms with van der Waals surface area (Å²) in [5.41, 5.74) is 1.72. The third-order valence-corrected chi connectivity index (χ3v) is 3.01. The number of ether oxygens (including phenoxy) is 1. The molecule has 0 aliphatic heterocycles. The van der Waals surface area contributed by atoms with Crippen molar-refractivity contribution in [2.45, 2.75) is 33.3 Å². The van der Waals surface area contributed by atoms with Crippen LogP contribution in [0.5, 0.6) is 5.75 Å². The predicted octanol–water partition coefficient (Wildman–Crippen LogP) is 4.36. The van der Waals surface area contributed by atoms with Crippen LogP contribution >= 0.6 is 11.6 Å². The van der Waals surface area contributed by atoms with Gasteiger partial charge in [0.25, 0.3) is 0 Å². The molecule has 1 heterocycles. The van der Waals surface area contributed by atoms with E-state index in [1.807, 2.05) is 44.2 Å². The van der Waals surface area contributed by atoms with Crippen molar-refractivity contribution >= 4 is 23.1 Å². The Hall–Kier alpha value is -1.81. The van der Waals surface area contributed by atoms with Crippen LogP contribution in [0.2, 0.25) is 5.28 Å². The van der Waals surface area contributed by atoms with Crippen molar-refractivity contribution in [3.8, 4) is 5.75 Å². The fraction of sp³-hybridized carbons (Fsp3) is 0.333. The molecule has 4 nitrogen and oxygen atoms in total. The van der Waals surface area contributed by atoms with Crippen molar-refractivity contribution in [2.24, 2.45) is 0 Å². The van der Waals surface area contributed by atoms with Gasteiger partial charge in [-0.2, -0.15) is 0 Å². The van der Waals surface area contributed by atoms with Crippen LogP contribution in [0.4, 0.5) is 11.5 Å². The van der Waals surface area contributed by atoms with Crippen LogP contribution in [0.3, 0.4) is 0 Å². The Morgan fingerprint density at radius 1 is 1.30 bits per heavy atom. The molecule has 1 aromatic carbocycles. The first-order valence-corrected chi connectivity index (χ1v) is 6.99. The topological polar surface area (TPSA) is 47.0 Å². The lowest BCUT2D eigenvalue weighted by Crippen LogP contribution is -2.09. The van der Waals surface area contributed by atoms with Gasteiger partial charge in [-0.05, 0) is 44.0 Å². The number of aromatic nitrogens is 2. The van der Waals surface area contributed by atoms with Gasteiger partial charge < -0.3 is 10.1 Å². The third kappa shape index (κ3) is 4.10. The summed E-state index contributed by atoms with van der Waals surface area (Å²) in [6.07, 6.45) is 1.17. The minimum absolute atomic E-state index is 0.195. The standard InChI is InChI=1S/C15H18ClN3O/c1-4-11(3)20-13-7-5-6-12(9-13)18-14-8-10(2)17-15(16)19-14/h5-9,11H,4H2,1-3H3,(H,17,18,19). The van der Waals surface area contributed by atoms with E-state index < -0.39 is 0 Å². The van der Waals surface area contributed by atoms with Gasteiger partial charge in [0, 0.05) is 23.5 Å². The summed E-state index contributed by atoms with van der Waals surface area (Å²) in [6.45, 7) is 6.02. The number of nitrogens with zero attached hydrogens (tertiary/aromatic N) is 2. The fourth-order valence-corrected chi connectivity index (χ4v) is 1.93. The minimum atomic E-state index is 0.195. The summed E-state index contributed by atoms with van der Waals surface area (Å²) < 4.78 is 5.79. The molecule has 0 bridgehead atoms. The molecule has 0 fully saturated rings. The van der Waals surface area contributed by atoms with E-state index in [9.17, 15) is 0 Å². The zero-order chi connectivity index (χ0) is 14.5. The molecule has 0 saturated heterocycles. The molecular weight excluding hydrogens is 274 g/mol. The first-order valence-electron chi connectivity index (χ1n) is 6.61. The Balaban J connectivity index is 2.15. The normalized spacial score (nSPS) is 12.0. The quantitative estimate of drug-likeness (QED) is 0.832. The van der Waals surface area contributed by atoms with Crippen molar-refractivity contribution in [1.29, 1.82) is 0 Å². The Morgan fingerprint density at radius 2 is 2.10 bits per heavy atom. The average molecular weight is 292 g/mol. The second-order valence-electron chi connectivity index (χ2n) is 4.65. The van der Waals surface area contributed by atoms with Crippen molar-refractivity contribution in [3.63, 3.8) is 0 Å². The summed E-state index contributed by atoms with van der Waals surface area (Å²) in [5.74, 6) is 1.50. The van der Waals surface area contributed by atoms with Gasteiger partial charge in [-0.25, -0.2) is 9.97 Å². The molecular formula is C15H18ClN3O. The van der Waals surface area contributed by atoms with Crippen LogP contribution in [0.15, 0.2) is 30.3 Å². The Labute approximate surface area is 124 Å². The van der Waals surface area contributed by atoms with E-state index in [1.165, 1.54) is 0 Å². The van der Waals surface area contributed by atoms with E-state index >= 15 is 0 Å². The SMILES string of the molecule is CCC(C)Oc1cccc(Nc2cc(C)nc(Cl)n2)c1. The van der Waals surface area contributed by atoms with Gasteiger partial charge in [0.1, 0.15) is 11.6 Å². The Kier molecular flexibility index (Phi) is 4.79. The maximum absolute atomic E-state index is 5.85. The number of benzene rings is 1.